The number of hydrogen-bond donors (Lipinski definition) is 1. The zero-order valence-electron chi connectivity index (χ0n) is 12.2. The molecule has 1 aromatic carbocycles. The van der Waals surface area contributed by atoms with Crippen molar-refractivity contribution < 1.29 is 9.84 Å². The van der Waals surface area contributed by atoms with Gasteiger partial charge in [0.15, 0.2) is 0 Å². The van der Waals surface area contributed by atoms with E-state index in [0.29, 0.717) is 22.9 Å². The fourth-order valence-corrected chi connectivity index (χ4v) is 3.01. The molecule has 21 heavy (non-hydrogen) atoms. The van der Waals surface area contributed by atoms with Crippen molar-refractivity contribution in [3.8, 4) is 5.75 Å². The Hall–Kier alpha value is -1.04. The maximum atomic E-state index is 9.81. The first-order valence-corrected chi connectivity index (χ1v) is 7.91. The van der Waals surface area contributed by atoms with E-state index in [1.165, 1.54) is 0 Å². The number of aromatic nitrogens is 2. The van der Waals surface area contributed by atoms with Gasteiger partial charge in [-0.3, -0.25) is 4.68 Å². The molecular weight excluding hydrogens is 356 g/mol. The van der Waals surface area contributed by atoms with Crippen molar-refractivity contribution >= 4 is 27.5 Å². The van der Waals surface area contributed by atoms with Crippen molar-refractivity contribution in [3.05, 3.63) is 44.6 Å². The zero-order valence-corrected chi connectivity index (χ0v) is 14.6. The summed E-state index contributed by atoms with van der Waals surface area (Å²) in [5.41, 5.74) is 2.64. The molecule has 0 aliphatic rings. The van der Waals surface area contributed by atoms with Crippen LogP contribution in [0.3, 0.4) is 0 Å². The maximum Gasteiger partial charge on any atom is 0.131 e. The van der Waals surface area contributed by atoms with Gasteiger partial charge in [0.1, 0.15) is 12.4 Å². The lowest BCUT2D eigenvalue weighted by molar-refractivity contribution is 0.189. The summed E-state index contributed by atoms with van der Waals surface area (Å²) in [6, 6.07) is 5.24. The summed E-state index contributed by atoms with van der Waals surface area (Å²) in [5, 5.41) is 14.8. The zero-order chi connectivity index (χ0) is 15.6. The van der Waals surface area contributed by atoms with Crippen LogP contribution in [-0.2, 0) is 20.1 Å². The van der Waals surface area contributed by atoms with Gasteiger partial charge in [0.05, 0.1) is 22.0 Å². The average Bonchev–Trinajstić information content (AvgIpc) is 2.72. The fourth-order valence-electron chi connectivity index (χ4n) is 2.10. The van der Waals surface area contributed by atoms with Crippen LogP contribution in [0.2, 0.25) is 5.02 Å². The second-order valence-corrected chi connectivity index (χ2v) is 6.06. The molecule has 1 N–H and O–H groups in total. The third-order valence-corrected chi connectivity index (χ3v) is 4.44. The summed E-state index contributed by atoms with van der Waals surface area (Å²) < 4.78 is 8.63. The Kier molecular flexibility index (Phi) is 5.30. The molecule has 0 fully saturated rings. The number of aliphatic hydroxyl groups is 1. The van der Waals surface area contributed by atoms with E-state index in [2.05, 4.69) is 28.0 Å². The SMILES string of the molecule is CCc1nn(C)c(COc2ccc(Cl)cc2C(C)O)c1Br. The maximum absolute atomic E-state index is 9.81. The van der Waals surface area contributed by atoms with Gasteiger partial charge in [-0.2, -0.15) is 5.10 Å². The molecule has 0 saturated heterocycles. The predicted octanol–water partition coefficient (Wildman–Crippen LogP) is 4.03. The number of aryl methyl sites for hydroxylation is 2. The van der Waals surface area contributed by atoms with Crippen LogP contribution in [0.1, 0.15) is 36.9 Å². The molecule has 0 spiro atoms. The first kappa shape index (κ1) is 16.3. The molecule has 2 aromatic rings. The molecule has 2 rings (SSSR count). The third-order valence-electron chi connectivity index (χ3n) is 3.29. The molecule has 1 heterocycles. The Morgan fingerprint density at radius 1 is 1.48 bits per heavy atom. The molecule has 0 aliphatic heterocycles. The highest BCUT2D eigenvalue weighted by molar-refractivity contribution is 9.10. The molecule has 1 unspecified atom stereocenters. The Balaban J connectivity index is 2.23. The number of halogens is 2. The van der Waals surface area contributed by atoms with E-state index in [0.717, 1.165) is 22.3 Å². The number of benzene rings is 1. The monoisotopic (exact) mass is 372 g/mol. The fraction of sp³-hybridized carbons (Fsp3) is 0.400. The highest BCUT2D eigenvalue weighted by Crippen LogP contribution is 2.30. The highest BCUT2D eigenvalue weighted by Gasteiger charge is 2.15. The molecule has 6 heteroatoms. The molecule has 0 radical (unpaired) electrons. The van der Waals surface area contributed by atoms with Gasteiger partial charge in [-0.1, -0.05) is 18.5 Å². The van der Waals surface area contributed by atoms with Gasteiger partial charge in [-0.15, -0.1) is 0 Å². The minimum Gasteiger partial charge on any atom is -0.487 e. The van der Waals surface area contributed by atoms with Crippen molar-refractivity contribution in [1.29, 1.82) is 0 Å². The summed E-state index contributed by atoms with van der Waals surface area (Å²) in [5.74, 6) is 0.626. The molecule has 0 amide bonds. The summed E-state index contributed by atoms with van der Waals surface area (Å²) >= 11 is 9.52. The minimum atomic E-state index is -0.639. The number of nitrogens with zero attached hydrogens (tertiary/aromatic N) is 2. The minimum absolute atomic E-state index is 0.367. The molecule has 0 bridgehead atoms. The van der Waals surface area contributed by atoms with Gasteiger partial charge >= 0.3 is 0 Å². The van der Waals surface area contributed by atoms with E-state index in [1.54, 1.807) is 29.8 Å². The van der Waals surface area contributed by atoms with Gasteiger partial charge < -0.3 is 9.84 Å². The lowest BCUT2D eigenvalue weighted by atomic mass is 10.1. The standard InChI is InChI=1S/C15H18BrClN2O2/c1-4-12-15(16)13(19(3)18-12)8-21-14-6-5-10(17)7-11(14)9(2)20/h5-7,9,20H,4,8H2,1-3H3. The molecule has 0 saturated carbocycles. The number of hydrogen-bond acceptors (Lipinski definition) is 3. The third kappa shape index (κ3) is 3.59. The van der Waals surface area contributed by atoms with Gasteiger partial charge in [-0.25, -0.2) is 0 Å². The lowest BCUT2D eigenvalue weighted by Crippen LogP contribution is -2.06. The van der Waals surface area contributed by atoms with Crippen LogP contribution < -0.4 is 4.74 Å². The quantitative estimate of drug-likeness (QED) is 0.860. The summed E-state index contributed by atoms with van der Waals surface area (Å²) in [6.45, 7) is 4.11. The predicted molar refractivity (Wildman–Crippen MR) is 86.7 cm³/mol. The van der Waals surface area contributed by atoms with Gasteiger partial charge in [0.2, 0.25) is 0 Å². The van der Waals surface area contributed by atoms with Crippen molar-refractivity contribution in [3.63, 3.8) is 0 Å². The summed E-state index contributed by atoms with van der Waals surface area (Å²) in [6.07, 6.45) is 0.216. The van der Waals surface area contributed by atoms with E-state index >= 15 is 0 Å². The second kappa shape index (κ2) is 6.81. The van der Waals surface area contributed by atoms with Crippen LogP contribution in [0.15, 0.2) is 22.7 Å². The summed E-state index contributed by atoms with van der Waals surface area (Å²) in [4.78, 5) is 0. The van der Waals surface area contributed by atoms with Crippen LogP contribution in [0.4, 0.5) is 0 Å². The normalized spacial score (nSPS) is 12.5. The van der Waals surface area contributed by atoms with E-state index in [9.17, 15) is 5.11 Å². The Morgan fingerprint density at radius 2 is 2.19 bits per heavy atom. The molecule has 0 aliphatic carbocycles. The van der Waals surface area contributed by atoms with Crippen molar-refractivity contribution in [1.82, 2.24) is 9.78 Å². The molecule has 1 aromatic heterocycles. The van der Waals surface area contributed by atoms with Gasteiger partial charge in [0, 0.05) is 17.6 Å². The number of rotatable bonds is 5. The van der Waals surface area contributed by atoms with E-state index < -0.39 is 6.10 Å². The first-order valence-electron chi connectivity index (χ1n) is 6.74. The van der Waals surface area contributed by atoms with Crippen LogP contribution >= 0.6 is 27.5 Å². The molecule has 1 atom stereocenters. The second-order valence-electron chi connectivity index (χ2n) is 4.83. The molecule has 114 valence electrons. The van der Waals surface area contributed by atoms with Crippen LogP contribution in [0.5, 0.6) is 5.75 Å². The summed E-state index contributed by atoms with van der Waals surface area (Å²) in [7, 11) is 1.89. The van der Waals surface area contributed by atoms with Crippen molar-refractivity contribution in [2.24, 2.45) is 7.05 Å². The largest absolute Gasteiger partial charge is 0.487 e. The van der Waals surface area contributed by atoms with Crippen molar-refractivity contribution in [2.45, 2.75) is 33.0 Å². The first-order chi connectivity index (χ1) is 9.93. The van der Waals surface area contributed by atoms with E-state index in [-0.39, 0.29) is 0 Å². The van der Waals surface area contributed by atoms with Crippen LogP contribution in [0.25, 0.3) is 0 Å². The van der Waals surface area contributed by atoms with E-state index in [4.69, 9.17) is 16.3 Å². The average molecular weight is 374 g/mol. The number of aliphatic hydroxyl groups excluding tert-OH is 1. The van der Waals surface area contributed by atoms with Gasteiger partial charge in [0.25, 0.3) is 0 Å². The Morgan fingerprint density at radius 3 is 2.76 bits per heavy atom. The van der Waals surface area contributed by atoms with E-state index in [1.807, 2.05) is 7.05 Å². The smallest absolute Gasteiger partial charge is 0.131 e. The Bertz CT molecular complexity index is 641. The van der Waals surface area contributed by atoms with Crippen LogP contribution in [0, 0.1) is 0 Å². The van der Waals surface area contributed by atoms with Crippen LogP contribution in [-0.4, -0.2) is 14.9 Å². The topological polar surface area (TPSA) is 47.3 Å². The number of ether oxygens (including phenoxy) is 1. The molecular formula is C15H18BrClN2O2. The molecule has 4 nitrogen and oxygen atoms in total. The highest BCUT2D eigenvalue weighted by atomic mass is 79.9. The lowest BCUT2D eigenvalue weighted by Gasteiger charge is -2.14. The Labute approximate surface area is 137 Å². The van der Waals surface area contributed by atoms with Gasteiger partial charge in [-0.05, 0) is 47.5 Å². The van der Waals surface area contributed by atoms with Crippen molar-refractivity contribution in [2.75, 3.05) is 0 Å².